The molecule has 2 aliphatic rings. The van der Waals surface area contributed by atoms with Crippen LogP contribution < -0.4 is 0 Å². The third-order valence-corrected chi connectivity index (χ3v) is 8.33. The summed E-state index contributed by atoms with van der Waals surface area (Å²) in [5.41, 5.74) is -0.609. The van der Waals surface area contributed by atoms with Gasteiger partial charge in [0, 0.05) is 18.8 Å². The van der Waals surface area contributed by atoms with Crippen LogP contribution in [0.15, 0.2) is 36.0 Å². The molecule has 10 unspecified atom stereocenters. The number of rotatable bonds is 12. The Morgan fingerprint density at radius 1 is 1.23 bits per heavy atom. The lowest BCUT2D eigenvalue weighted by Gasteiger charge is -2.32. The lowest BCUT2D eigenvalue weighted by molar-refractivity contribution is -0.157. The predicted molar refractivity (Wildman–Crippen MR) is 167 cm³/mol. The van der Waals surface area contributed by atoms with E-state index in [1.54, 1.807) is 24.0 Å². The Balaban J connectivity index is 2.06. The van der Waals surface area contributed by atoms with Gasteiger partial charge in [0.2, 0.25) is 0 Å². The second-order valence-electron chi connectivity index (χ2n) is 13.1. The van der Waals surface area contributed by atoms with E-state index >= 15 is 0 Å². The second-order valence-corrected chi connectivity index (χ2v) is 13.1. The monoisotopic (exact) mass is 621 g/mol. The highest BCUT2D eigenvalue weighted by Crippen LogP contribution is 2.37. The zero-order valence-corrected chi connectivity index (χ0v) is 28.0. The van der Waals surface area contributed by atoms with Crippen LogP contribution in [-0.2, 0) is 33.3 Å². The number of nitrogens with zero attached hydrogens (tertiary/aromatic N) is 1. The summed E-state index contributed by atoms with van der Waals surface area (Å²) in [7, 11) is 3.67. The lowest BCUT2D eigenvalue weighted by Crippen LogP contribution is -2.42. The number of ether oxygens (including phenoxy) is 4. The first-order chi connectivity index (χ1) is 20.5. The molecule has 0 amide bonds. The van der Waals surface area contributed by atoms with Crippen LogP contribution in [0.25, 0.3) is 0 Å². The first kappa shape index (κ1) is 37.7. The number of aliphatic hydroxyl groups excluding tert-OH is 1. The summed E-state index contributed by atoms with van der Waals surface area (Å²) in [6.07, 6.45) is 8.43. The second kappa shape index (κ2) is 17.2. The first-order valence-electron chi connectivity index (χ1n) is 15.8. The Labute approximate surface area is 263 Å². The van der Waals surface area contributed by atoms with Crippen molar-refractivity contribution in [2.24, 2.45) is 17.8 Å². The number of cyclic esters (lactones) is 1. The van der Waals surface area contributed by atoms with Gasteiger partial charge in [-0.1, -0.05) is 52.0 Å². The summed E-state index contributed by atoms with van der Waals surface area (Å²) in [4.78, 5) is 38.3. The minimum absolute atomic E-state index is 0.0513. The smallest absolute Gasteiger partial charge is 0.320 e. The van der Waals surface area contributed by atoms with Crippen LogP contribution in [0.3, 0.4) is 0 Å². The number of aliphatic hydroxyl groups is 2. The zero-order valence-electron chi connectivity index (χ0n) is 28.0. The van der Waals surface area contributed by atoms with Gasteiger partial charge in [0.05, 0.1) is 31.3 Å². The molecular formula is C34H55NO9. The molecule has 2 rings (SSSR count). The highest BCUT2D eigenvalue weighted by molar-refractivity contribution is 5.72. The van der Waals surface area contributed by atoms with E-state index in [0.29, 0.717) is 0 Å². The third-order valence-electron chi connectivity index (χ3n) is 8.33. The van der Waals surface area contributed by atoms with Crippen LogP contribution in [0.1, 0.15) is 80.6 Å². The summed E-state index contributed by atoms with van der Waals surface area (Å²) in [5.74, 6) is -1.25. The predicted octanol–water partition coefficient (Wildman–Crippen LogP) is 4.13. The summed E-state index contributed by atoms with van der Waals surface area (Å²) in [6.45, 7) is 13.0. The van der Waals surface area contributed by atoms with Gasteiger partial charge in [0.25, 0.3) is 0 Å². The molecule has 1 fully saturated rings. The van der Waals surface area contributed by atoms with Gasteiger partial charge < -0.3 is 29.2 Å². The zero-order chi connectivity index (χ0) is 33.2. The van der Waals surface area contributed by atoms with Crippen molar-refractivity contribution in [3.63, 3.8) is 0 Å². The molecule has 0 aromatic heterocycles. The number of hydrogen-bond donors (Lipinski definition) is 2. The van der Waals surface area contributed by atoms with Crippen LogP contribution in [0.2, 0.25) is 0 Å². The van der Waals surface area contributed by atoms with Crippen molar-refractivity contribution in [1.82, 2.24) is 4.90 Å². The van der Waals surface area contributed by atoms with E-state index in [1.807, 2.05) is 47.0 Å². The Hall–Kier alpha value is -2.53. The average molecular weight is 622 g/mol. The molecule has 0 radical (unpaired) electrons. The minimum atomic E-state index is -1.42. The molecule has 0 spiro atoms. The van der Waals surface area contributed by atoms with E-state index in [2.05, 4.69) is 19.9 Å². The fourth-order valence-corrected chi connectivity index (χ4v) is 5.61. The van der Waals surface area contributed by atoms with E-state index < -0.39 is 35.9 Å². The van der Waals surface area contributed by atoms with Gasteiger partial charge in [0.1, 0.15) is 23.9 Å². The maximum Gasteiger partial charge on any atom is 0.320 e. The van der Waals surface area contributed by atoms with Gasteiger partial charge in [-0.25, -0.2) is 0 Å². The highest BCUT2D eigenvalue weighted by atomic mass is 16.6. The quantitative estimate of drug-likeness (QED) is 0.108. The maximum absolute atomic E-state index is 12.7. The van der Waals surface area contributed by atoms with E-state index in [4.69, 9.17) is 18.9 Å². The fourth-order valence-electron chi connectivity index (χ4n) is 5.61. The fraction of sp³-hybridized carbons (Fsp3) is 0.735. The molecule has 0 bridgehead atoms. The molecule has 2 N–H and O–H groups in total. The molecule has 10 heteroatoms. The molecule has 0 saturated carbocycles. The number of likely N-dealkylation sites (N-methyl/N-ethyl adjacent to an activating group) is 1. The normalized spacial score (nSPS) is 32.3. The number of hydrogen-bond acceptors (Lipinski definition) is 10. The van der Waals surface area contributed by atoms with Gasteiger partial charge in [-0.05, 0) is 71.2 Å². The molecular weight excluding hydrogens is 566 g/mol. The molecule has 10 atom stereocenters. The van der Waals surface area contributed by atoms with Crippen molar-refractivity contribution < 1.29 is 43.5 Å². The van der Waals surface area contributed by atoms with E-state index in [9.17, 15) is 24.6 Å². The standard InChI is InChI=1S/C34H55NO9/c1-10-27(42-31(39)20-35(8)9)24(5)33-28(43-33)18-21(2)12-11-13-22(3)32-23(4)14-15-29(41-25(6)36)34(7,40)17-16-26(37)19-30(38)44-32/h11-15,21,23-24,26-29,32-33,37,40H,10,16-20H2,1-9H3. The van der Waals surface area contributed by atoms with E-state index in [-0.39, 0.29) is 67.8 Å². The topological polar surface area (TPSA) is 135 Å². The largest absolute Gasteiger partial charge is 0.461 e. The van der Waals surface area contributed by atoms with E-state index in [0.717, 1.165) is 18.4 Å². The van der Waals surface area contributed by atoms with Gasteiger partial charge in [-0.2, -0.15) is 0 Å². The Morgan fingerprint density at radius 2 is 1.91 bits per heavy atom. The summed E-state index contributed by atoms with van der Waals surface area (Å²) in [5, 5.41) is 21.4. The van der Waals surface area contributed by atoms with Crippen LogP contribution in [0, 0.1) is 17.8 Å². The van der Waals surface area contributed by atoms with Crippen molar-refractivity contribution in [3.05, 3.63) is 36.0 Å². The van der Waals surface area contributed by atoms with Crippen molar-refractivity contribution in [3.8, 4) is 0 Å². The summed E-state index contributed by atoms with van der Waals surface area (Å²) in [6, 6.07) is 0. The van der Waals surface area contributed by atoms with Crippen LogP contribution in [0.4, 0.5) is 0 Å². The van der Waals surface area contributed by atoms with Crippen molar-refractivity contribution in [1.29, 1.82) is 0 Å². The van der Waals surface area contributed by atoms with Gasteiger partial charge in [-0.3, -0.25) is 19.3 Å². The van der Waals surface area contributed by atoms with Crippen LogP contribution in [-0.4, -0.2) is 95.9 Å². The number of epoxide rings is 1. The molecule has 0 aliphatic carbocycles. The third kappa shape index (κ3) is 12.5. The Bertz CT molecular complexity index is 1050. The van der Waals surface area contributed by atoms with Crippen molar-refractivity contribution >= 4 is 17.9 Å². The SMILES string of the molecule is CCC(OC(=O)CN(C)C)C(C)C1OC1CC(C)C=CC=C(C)C1OC(=O)CC(O)CCC(C)(O)C(OC(C)=O)C=CC1C. The molecule has 2 heterocycles. The molecule has 0 aromatic carbocycles. The maximum atomic E-state index is 12.7. The molecule has 250 valence electrons. The van der Waals surface area contributed by atoms with E-state index in [1.165, 1.54) is 6.92 Å². The molecule has 10 nitrogen and oxygen atoms in total. The summed E-state index contributed by atoms with van der Waals surface area (Å²) >= 11 is 0. The summed E-state index contributed by atoms with van der Waals surface area (Å²) < 4.78 is 22.9. The number of carbonyl (C=O) groups is 3. The number of carbonyl (C=O) groups excluding carboxylic acids is 3. The number of esters is 3. The van der Waals surface area contributed by atoms with Crippen LogP contribution >= 0.6 is 0 Å². The molecule has 2 aliphatic heterocycles. The van der Waals surface area contributed by atoms with Crippen LogP contribution in [0.5, 0.6) is 0 Å². The molecule has 44 heavy (non-hydrogen) atoms. The average Bonchev–Trinajstić information content (AvgIpc) is 3.68. The first-order valence-corrected chi connectivity index (χ1v) is 15.8. The van der Waals surface area contributed by atoms with Crippen molar-refractivity contribution in [2.75, 3.05) is 20.6 Å². The van der Waals surface area contributed by atoms with Gasteiger partial charge >= 0.3 is 17.9 Å². The van der Waals surface area contributed by atoms with Gasteiger partial charge in [-0.15, -0.1) is 0 Å². The minimum Gasteiger partial charge on any atom is -0.461 e. The number of allylic oxidation sites excluding steroid dienone is 3. The Kier molecular flexibility index (Phi) is 14.8. The highest BCUT2D eigenvalue weighted by Gasteiger charge is 2.46. The van der Waals surface area contributed by atoms with Crippen molar-refractivity contribution in [2.45, 2.75) is 123 Å². The van der Waals surface area contributed by atoms with Gasteiger partial charge in [0.15, 0.2) is 0 Å². The molecule has 0 aromatic rings. The molecule has 1 saturated heterocycles. The lowest BCUT2D eigenvalue weighted by atomic mass is 9.88. The Morgan fingerprint density at radius 3 is 2.52 bits per heavy atom.